The van der Waals surface area contributed by atoms with Gasteiger partial charge in [-0.2, -0.15) is 0 Å². The van der Waals surface area contributed by atoms with E-state index in [1.54, 1.807) is 25.1 Å². The standard InChI is InChI=1S/C17H15Cl2N3O4/c1-10-12(18)5-2-6-13(10)22-14(23)8-21-15(24)9-26-17(25)11-4-3-7-20-16(11)19/h2-7H,8-9H2,1H3,(H,21,24)(H,22,23). The zero-order valence-corrected chi connectivity index (χ0v) is 15.2. The minimum absolute atomic E-state index is 0.0193. The second-order valence-electron chi connectivity index (χ2n) is 5.16. The molecule has 0 saturated carbocycles. The number of esters is 1. The Morgan fingerprint density at radius 1 is 1.12 bits per heavy atom. The van der Waals surface area contributed by atoms with Gasteiger partial charge in [0.25, 0.3) is 5.91 Å². The Balaban J connectivity index is 1.78. The van der Waals surface area contributed by atoms with Crippen molar-refractivity contribution in [2.24, 2.45) is 0 Å². The van der Waals surface area contributed by atoms with Crippen molar-refractivity contribution in [3.8, 4) is 0 Å². The topological polar surface area (TPSA) is 97.4 Å². The Bertz CT molecular complexity index is 843. The monoisotopic (exact) mass is 395 g/mol. The second kappa shape index (κ2) is 9.17. The Morgan fingerprint density at radius 2 is 1.88 bits per heavy atom. The molecule has 0 aliphatic carbocycles. The van der Waals surface area contributed by atoms with Gasteiger partial charge in [0, 0.05) is 16.9 Å². The largest absolute Gasteiger partial charge is 0.452 e. The van der Waals surface area contributed by atoms with Crippen LogP contribution in [0, 0.1) is 6.92 Å². The van der Waals surface area contributed by atoms with Crippen molar-refractivity contribution in [3.05, 3.63) is 57.8 Å². The third-order valence-electron chi connectivity index (χ3n) is 3.30. The number of pyridine rings is 1. The maximum Gasteiger partial charge on any atom is 0.341 e. The van der Waals surface area contributed by atoms with Crippen LogP contribution in [0.25, 0.3) is 0 Å². The molecule has 9 heteroatoms. The highest BCUT2D eigenvalue weighted by atomic mass is 35.5. The van der Waals surface area contributed by atoms with Crippen molar-refractivity contribution in [2.75, 3.05) is 18.5 Å². The van der Waals surface area contributed by atoms with Crippen LogP contribution in [0.15, 0.2) is 36.5 Å². The summed E-state index contributed by atoms with van der Waals surface area (Å²) in [6, 6.07) is 8.05. The molecule has 0 unspecified atom stereocenters. The zero-order valence-electron chi connectivity index (χ0n) is 13.7. The van der Waals surface area contributed by atoms with Crippen LogP contribution in [0.4, 0.5) is 5.69 Å². The lowest BCUT2D eigenvalue weighted by atomic mass is 10.2. The highest BCUT2D eigenvalue weighted by molar-refractivity contribution is 6.32. The summed E-state index contributed by atoms with van der Waals surface area (Å²) in [6.07, 6.45) is 1.42. The number of halogens is 2. The van der Waals surface area contributed by atoms with Crippen LogP contribution >= 0.6 is 23.2 Å². The van der Waals surface area contributed by atoms with E-state index in [2.05, 4.69) is 15.6 Å². The maximum atomic E-state index is 11.9. The number of nitrogens with zero attached hydrogens (tertiary/aromatic N) is 1. The summed E-state index contributed by atoms with van der Waals surface area (Å²) in [5, 5.41) is 5.48. The summed E-state index contributed by atoms with van der Waals surface area (Å²) in [5.74, 6) is -1.85. The van der Waals surface area contributed by atoms with Gasteiger partial charge >= 0.3 is 5.97 Å². The third-order valence-corrected chi connectivity index (χ3v) is 4.01. The van der Waals surface area contributed by atoms with E-state index < -0.39 is 24.4 Å². The number of aromatic nitrogens is 1. The molecule has 7 nitrogen and oxygen atoms in total. The summed E-state index contributed by atoms with van der Waals surface area (Å²) in [5.41, 5.74) is 1.32. The van der Waals surface area contributed by atoms with E-state index in [0.29, 0.717) is 10.7 Å². The number of hydrogen-bond donors (Lipinski definition) is 2. The van der Waals surface area contributed by atoms with Crippen molar-refractivity contribution in [1.29, 1.82) is 0 Å². The summed E-state index contributed by atoms with van der Waals surface area (Å²) in [4.78, 5) is 39.1. The molecule has 26 heavy (non-hydrogen) atoms. The minimum atomic E-state index is -0.780. The van der Waals surface area contributed by atoms with Crippen LogP contribution in [0.3, 0.4) is 0 Å². The average molecular weight is 396 g/mol. The van der Waals surface area contributed by atoms with Crippen molar-refractivity contribution in [3.63, 3.8) is 0 Å². The Hall–Kier alpha value is -2.64. The van der Waals surface area contributed by atoms with Gasteiger partial charge in [0.15, 0.2) is 6.61 Å². The molecule has 0 atom stereocenters. The van der Waals surface area contributed by atoms with Gasteiger partial charge in [-0.25, -0.2) is 9.78 Å². The number of carbonyl (C=O) groups is 3. The molecular formula is C17H15Cl2N3O4. The zero-order chi connectivity index (χ0) is 19.1. The van der Waals surface area contributed by atoms with Gasteiger partial charge in [-0.1, -0.05) is 29.3 Å². The SMILES string of the molecule is Cc1c(Cl)cccc1NC(=O)CNC(=O)COC(=O)c1cccnc1Cl. The number of ether oxygens (including phenoxy) is 1. The van der Waals surface area contributed by atoms with E-state index >= 15 is 0 Å². The molecule has 0 spiro atoms. The molecule has 1 aromatic heterocycles. The van der Waals surface area contributed by atoms with Crippen LogP contribution < -0.4 is 10.6 Å². The highest BCUT2D eigenvalue weighted by Gasteiger charge is 2.14. The molecule has 0 aliphatic heterocycles. The third kappa shape index (κ3) is 5.44. The number of hydrogen-bond acceptors (Lipinski definition) is 5. The highest BCUT2D eigenvalue weighted by Crippen LogP contribution is 2.22. The van der Waals surface area contributed by atoms with E-state index in [1.807, 2.05) is 0 Å². The van der Waals surface area contributed by atoms with Crippen LogP contribution in [0.5, 0.6) is 0 Å². The molecule has 0 saturated heterocycles. The molecule has 0 fully saturated rings. The first-order chi connectivity index (χ1) is 12.4. The Labute approximate surface area is 159 Å². The predicted octanol–water partition coefficient (Wildman–Crippen LogP) is 2.61. The Kier molecular flexibility index (Phi) is 6.94. The average Bonchev–Trinajstić information content (AvgIpc) is 2.62. The number of rotatable bonds is 6. The quantitative estimate of drug-likeness (QED) is 0.578. The summed E-state index contributed by atoms with van der Waals surface area (Å²) in [6.45, 7) is 0.934. The van der Waals surface area contributed by atoms with Gasteiger partial charge in [-0.15, -0.1) is 0 Å². The first kappa shape index (κ1) is 19.7. The number of amides is 2. The molecule has 0 radical (unpaired) electrons. The van der Waals surface area contributed by atoms with Gasteiger partial charge in [0.1, 0.15) is 5.15 Å². The number of carbonyl (C=O) groups excluding carboxylic acids is 3. The maximum absolute atomic E-state index is 11.9. The van der Waals surface area contributed by atoms with Crippen LogP contribution in [-0.4, -0.2) is 35.9 Å². The molecule has 0 aliphatic rings. The van der Waals surface area contributed by atoms with Gasteiger partial charge in [0.05, 0.1) is 12.1 Å². The molecule has 2 aromatic rings. The lowest BCUT2D eigenvalue weighted by Gasteiger charge is -2.10. The molecule has 2 N–H and O–H groups in total. The number of nitrogens with one attached hydrogen (secondary N) is 2. The molecule has 136 valence electrons. The van der Waals surface area contributed by atoms with Gasteiger partial charge in [-0.05, 0) is 36.8 Å². The van der Waals surface area contributed by atoms with Crippen molar-refractivity contribution >= 4 is 46.7 Å². The second-order valence-corrected chi connectivity index (χ2v) is 5.92. The molecule has 1 aromatic carbocycles. The predicted molar refractivity (Wildman–Crippen MR) is 97.4 cm³/mol. The van der Waals surface area contributed by atoms with Gasteiger partial charge in [-0.3, -0.25) is 9.59 Å². The first-order valence-corrected chi connectivity index (χ1v) is 8.23. The van der Waals surface area contributed by atoms with Gasteiger partial charge in [0.2, 0.25) is 5.91 Å². The van der Waals surface area contributed by atoms with E-state index in [9.17, 15) is 14.4 Å². The van der Waals surface area contributed by atoms with E-state index in [0.717, 1.165) is 5.56 Å². The molecule has 1 heterocycles. The summed E-state index contributed by atoms with van der Waals surface area (Å²) >= 11 is 11.7. The van der Waals surface area contributed by atoms with Crippen LogP contribution in [-0.2, 0) is 14.3 Å². The lowest BCUT2D eigenvalue weighted by Crippen LogP contribution is -2.35. The normalized spacial score (nSPS) is 10.1. The fourth-order valence-electron chi connectivity index (χ4n) is 1.91. The molecule has 2 rings (SSSR count). The van der Waals surface area contributed by atoms with Crippen LogP contribution in [0.2, 0.25) is 10.2 Å². The Morgan fingerprint density at radius 3 is 2.62 bits per heavy atom. The summed E-state index contributed by atoms with van der Waals surface area (Å²) in [7, 11) is 0. The van der Waals surface area contributed by atoms with E-state index in [-0.39, 0.29) is 17.3 Å². The fraction of sp³-hybridized carbons (Fsp3) is 0.176. The van der Waals surface area contributed by atoms with Crippen molar-refractivity contribution < 1.29 is 19.1 Å². The number of benzene rings is 1. The van der Waals surface area contributed by atoms with Crippen LogP contribution in [0.1, 0.15) is 15.9 Å². The minimum Gasteiger partial charge on any atom is -0.452 e. The molecule has 2 amide bonds. The van der Waals surface area contributed by atoms with E-state index in [4.69, 9.17) is 27.9 Å². The van der Waals surface area contributed by atoms with E-state index in [1.165, 1.54) is 18.3 Å². The van der Waals surface area contributed by atoms with Gasteiger partial charge < -0.3 is 15.4 Å². The van der Waals surface area contributed by atoms with Crippen molar-refractivity contribution in [2.45, 2.75) is 6.92 Å². The first-order valence-electron chi connectivity index (χ1n) is 7.47. The lowest BCUT2D eigenvalue weighted by molar-refractivity contribution is -0.126. The molecular weight excluding hydrogens is 381 g/mol. The number of anilines is 1. The van der Waals surface area contributed by atoms with Crippen molar-refractivity contribution in [1.82, 2.24) is 10.3 Å². The fourth-order valence-corrected chi connectivity index (χ4v) is 2.29. The smallest absolute Gasteiger partial charge is 0.341 e. The summed E-state index contributed by atoms with van der Waals surface area (Å²) < 4.78 is 4.83. The molecule has 0 bridgehead atoms.